The van der Waals surface area contributed by atoms with E-state index in [2.05, 4.69) is 17.2 Å². The van der Waals surface area contributed by atoms with Crippen molar-refractivity contribution in [2.24, 2.45) is 0 Å². The second-order valence-electron chi connectivity index (χ2n) is 4.86. The number of rotatable bonds is 7. The lowest BCUT2D eigenvalue weighted by molar-refractivity contribution is -0.117. The lowest BCUT2D eigenvalue weighted by Gasteiger charge is -2.09. The van der Waals surface area contributed by atoms with Crippen molar-refractivity contribution in [3.63, 3.8) is 0 Å². The van der Waals surface area contributed by atoms with E-state index in [1.54, 1.807) is 0 Å². The normalized spacial score (nSPS) is 10.1. The number of hydrogen-bond donors (Lipinski definition) is 2. The molecule has 0 unspecified atom stereocenters. The van der Waals surface area contributed by atoms with Crippen molar-refractivity contribution in [2.75, 3.05) is 6.54 Å². The smallest absolute Gasteiger partial charge is 0.248 e. The Morgan fingerprint density at radius 3 is 1.95 bits per heavy atom. The van der Waals surface area contributed by atoms with Crippen LogP contribution in [0, 0.1) is 0 Å². The van der Waals surface area contributed by atoms with E-state index in [0.29, 0.717) is 18.7 Å². The third-order valence-electron chi connectivity index (χ3n) is 3.13. The van der Waals surface area contributed by atoms with Crippen molar-refractivity contribution in [3.8, 4) is 0 Å². The molecule has 0 radical (unpaired) electrons. The van der Waals surface area contributed by atoms with Crippen LogP contribution >= 0.6 is 0 Å². The minimum Gasteiger partial charge on any atom is -0.348 e. The predicted octanol–water partition coefficient (Wildman–Crippen LogP) is 2.65. The van der Waals surface area contributed by atoms with E-state index in [1.807, 2.05) is 60.7 Å². The Morgan fingerprint density at radius 2 is 1.38 bits per heavy atom. The quantitative estimate of drug-likeness (QED) is 0.766. The van der Waals surface area contributed by atoms with Crippen LogP contribution in [0.2, 0.25) is 0 Å². The van der Waals surface area contributed by atoms with Gasteiger partial charge in [-0.15, -0.1) is 0 Å². The van der Waals surface area contributed by atoms with Gasteiger partial charge in [0.05, 0.1) is 0 Å². The van der Waals surface area contributed by atoms with Crippen molar-refractivity contribution in [2.45, 2.75) is 13.1 Å². The number of amides is 1. The maximum Gasteiger partial charge on any atom is 0.248 e. The molecule has 1 amide bonds. The summed E-state index contributed by atoms with van der Waals surface area (Å²) in [5.74, 6) is -0.112. The van der Waals surface area contributed by atoms with E-state index < -0.39 is 0 Å². The highest BCUT2D eigenvalue weighted by Crippen LogP contribution is 2.00. The van der Waals surface area contributed by atoms with Crippen molar-refractivity contribution >= 4 is 5.91 Å². The van der Waals surface area contributed by atoms with Gasteiger partial charge >= 0.3 is 0 Å². The molecule has 0 spiro atoms. The Kier molecular flexibility index (Phi) is 5.73. The Bertz CT molecular complexity index is 579. The monoisotopic (exact) mass is 280 g/mol. The Morgan fingerprint density at radius 1 is 0.857 bits per heavy atom. The molecule has 108 valence electrons. The molecule has 0 fully saturated rings. The molecule has 0 aliphatic heterocycles. The molecule has 2 aromatic carbocycles. The molecule has 2 N–H and O–H groups in total. The van der Waals surface area contributed by atoms with Crippen molar-refractivity contribution < 1.29 is 4.79 Å². The summed E-state index contributed by atoms with van der Waals surface area (Å²) < 4.78 is 0. The van der Waals surface area contributed by atoms with E-state index in [0.717, 1.165) is 12.1 Å². The SMILES string of the molecule is C=C(CNCc1ccccc1)C(=O)NCc1ccccc1. The summed E-state index contributed by atoms with van der Waals surface area (Å²) in [6.07, 6.45) is 0. The van der Waals surface area contributed by atoms with Gasteiger partial charge in [-0.1, -0.05) is 67.2 Å². The van der Waals surface area contributed by atoms with Crippen LogP contribution in [0.3, 0.4) is 0 Å². The van der Waals surface area contributed by atoms with E-state index in [-0.39, 0.29) is 5.91 Å². The van der Waals surface area contributed by atoms with Crippen LogP contribution in [0.25, 0.3) is 0 Å². The Hall–Kier alpha value is -2.39. The fourth-order valence-corrected chi connectivity index (χ4v) is 1.94. The molecule has 0 aliphatic carbocycles. The molecule has 2 aromatic rings. The van der Waals surface area contributed by atoms with Crippen LogP contribution in [0.1, 0.15) is 11.1 Å². The lowest BCUT2D eigenvalue weighted by atomic mass is 10.2. The van der Waals surface area contributed by atoms with Crippen LogP contribution in [0.15, 0.2) is 72.8 Å². The van der Waals surface area contributed by atoms with Crippen LogP contribution in [-0.2, 0) is 17.9 Å². The van der Waals surface area contributed by atoms with Gasteiger partial charge in [-0.3, -0.25) is 4.79 Å². The highest BCUT2D eigenvalue weighted by atomic mass is 16.1. The minimum atomic E-state index is -0.112. The van der Waals surface area contributed by atoms with Crippen molar-refractivity contribution in [1.29, 1.82) is 0 Å². The summed E-state index contributed by atoms with van der Waals surface area (Å²) >= 11 is 0. The molecule has 0 aliphatic rings. The molecule has 0 saturated heterocycles. The van der Waals surface area contributed by atoms with E-state index in [9.17, 15) is 4.79 Å². The summed E-state index contributed by atoms with van der Waals surface area (Å²) in [7, 11) is 0. The molecule has 3 nitrogen and oxygen atoms in total. The standard InChI is InChI=1S/C18H20N2O/c1-15(12-19-13-16-8-4-2-5-9-16)18(21)20-14-17-10-6-3-7-11-17/h2-11,19H,1,12-14H2,(H,20,21). The van der Waals surface area contributed by atoms with E-state index in [1.165, 1.54) is 5.56 Å². The first-order chi connectivity index (χ1) is 10.3. The largest absolute Gasteiger partial charge is 0.348 e. The number of carbonyl (C=O) groups is 1. The van der Waals surface area contributed by atoms with Gasteiger partial charge in [0.2, 0.25) is 5.91 Å². The van der Waals surface area contributed by atoms with E-state index >= 15 is 0 Å². The molecule has 0 aromatic heterocycles. The third-order valence-corrected chi connectivity index (χ3v) is 3.13. The number of hydrogen-bond acceptors (Lipinski definition) is 2. The molecule has 0 saturated carbocycles. The summed E-state index contributed by atoms with van der Waals surface area (Å²) in [5, 5.41) is 6.09. The highest BCUT2D eigenvalue weighted by Gasteiger charge is 2.06. The molecule has 3 heteroatoms. The van der Waals surface area contributed by atoms with Crippen molar-refractivity contribution in [3.05, 3.63) is 83.9 Å². The molecule has 2 rings (SSSR count). The molecule has 0 bridgehead atoms. The molecule has 0 heterocycles. The average Bonchev–Trinajstić information content (AvgIpc) is 2.54. The maximum absolute atomic E-state index is 11.9. The first kappa shape index (κ1) is 15.0. The molecule has 0 atom stereocenters. The van der Waals surface area contributed by atoms with Crippen LogP contribution < -0.4 is 10.6 Å². The van der Waals surface area contributed by atoms with Crippen LogP contribution in [0.5, 0.6) is 0 Å². The average molecular weight is 280 g/mol. The summed E-state index contributed by atoms with van der Waals surface area (Å²) in [6.45, 7) is 5.56. The predicted molar refractivity (Wildman–Crippen MR) is 85.6 cm³/mol. The molecule has 21 heavy (non-hydrogen) atoms. The van der Waals surface area contributed by atoms with Crippen LogP contribution in [0.4, 0.5) is 0 Å². The van der Waals surface area contributed by atoms with E-state index in [4.69, 9.17) is 0 Å². The maximum atomic E-state index is 11.9. The van der Waals surface area contributed by atoms with Gasteiger partial charge in [0, 0.05) is 25.2 Å². The first-order valence-corrected chi connectivity index (χ1v) is 7.00. The summed E-state index contributed by atoms with van der Waals surface area (Å²) in [5.41, 5.74) is 2.81. The third kappa shape index (κ3) is 5.24. The Balaban J connectivity index is 1.69. The fourth-order valence-electron chi connectivity index (χ4n) is 1.94. The van der Waals surface area contributed by atoms with Gasteiger partial charge < -0.3 is 10.6 Å². The fraction of sp³-hybridized carbons (Fsp3) is 0.167. The zero-order valence-electron chi connectivity index (χ0n) is 12.0. The summed E-state index contributed by atoms with van der Waals surface area (Å²) in [4.78, 5) is 11.9. The Labute approximate surface area is 125 Å². The van der Waals surface area contributed by atoms with Gasteiger partial charge in [0.15, 0.2) is 0 Å². The number of nitrogens with one attached hydrogen (secondary N) is 2. The lowest BCUT2D eigenvalue weighted by Crippen LogP contribution is -2.29. The molecular formula is C18H20N2O. The van der Waals surface area contributed by atoms with Gasteiger partial charge in [-0.05, 0) is 11.1 Å². The highest BCUT2D eigenvalue weighted by molar-refractivity contribution is 5.93. The molecular weight excluding hydrogens is 260 g/mol. The van der Waals surface area contributed by atoms with Crippen LogP contribution in [-0.4, -0.2) is 12.5 Å². The van der Waals surface area contributed by atoms with Gasteiger partial charge in [-0.2, -0.15) is 0 Å². The second-order valence-corrected chi connectivity index (χ2v) is 4.86. The van der Waals surface area contributed by atoms with Gasteiger partial charge in [0.1, 0.15) is 0 Å². The zero-order valence-corrected chi connectivity index (χ0v) is 12.0. The van der Waals surface area contributed by atoms with Crippen molar-refractivity contribution in [1.82, 2.24) is 10.6 Å². The first-order valence-electron chi connectivity index (χ1n) is 7.00. The second kappa shape index (κ2) is 8.02. The minimum absolute atomic E-state index is 0.112. The van der Waals surface area contributed by atoms with Gasteiger partial charge in [-0.25, -0.2) is 0 Å². The zero-order chi connectivity index (χ0) is 14.9. The number of carbonyl (C=O) groups excluding carboxylic acids is 1. The topological polar surface area (TPSA) is 41.1 Å². The summed E-state index contributed by atoms with van der Waals surface area (Å²) in [6, 6.07) is 19.9. The number of benzene rings is 2. The van der Waals surface area contributed by atoms with Gasteiger partial charge in [0.25, 0.3) is 0 Å².